The van der Waals surface area contributed by atoms with Crippen molar-refractivity contribution in [2.45, 2.75) is 39.5 Å². The van der Waals surface area contributed by atoms with E-state index in [2.05, 4.69) is 32.9 Å². The van der Waals surface area contributed by atoms with E-state index >= 15 is 0 Å². The third-order valence-electron chi connectivity index (χ3n) is 3.23. The van der Waals surface area contributed by atoms with Gasteiger partial charge in [-0.15, -0.1) is 0 Å². The molecule has 0 fully saturated rings. The lowest BCUT2D eigenvalue weighted by Crippen LogP contribution is -2.15. The van der Waals surface area contributed by atoms with Crippen molar-refractivity contribution in [2.75, 3.05) is 0 Å². The molecule has 0 saturated heterocycles. The summed E-state index contributed by atoms with van der Waals surface area (Å²) < 4.78 is 0. The zero-order valence-electron chi connectivity index (χ0n) is 9.10. The van der Waals surface area contributed by atoms with Crippen LogP contribution in [0.5, 0.6) is 0 Å². The molecule has 0 bridgehead atoms. The lowest BCUT2D eigenvalue weighted by atomic mass is 9.77. The van der Waals surface area contributed by atoms with Crippen LogP contribution in [0.2, 0.25) is 5.02 Å². The topological polar surface area (TPSA) is 0 Å². The van der Waals surface area contributed by atoms with Gasteiger partial charge >= 0.3 is 0 Å². The average Bonchev–Trinajstić information content (AvgIpc) is 2.45. The molecule has 76 valence electrons. The van der Waals surface area contributed by atoms with Gasteiger partial charge in [-0.2, -0.15) is 0 Å². The first-order chi connectivity index (χ1) is 6.48. The summed E-state index contributed by atoms with van der Waals surface area (Å²) in [4.78, 5) is 0. The summed E-state index contributed by atoms with van der Waals surface area (Å²) in [5.41, 5.74) is 3.33. The number of benzene rings is 1. The molecule has 2 rings (SSSR count). The molecule has 0 heterocycles. The van der Waals surface area contributed by atoms with E-state index in [0.717, 1.165) is 5.02 Å². The number of aryl methyl sites for hydroxylation is 1. The van der Waals surface area contributed by atoms with Gasteiger partial charge in [-0.05, 0) is 47.4 Å². The smallest absolute Gasteiger partial charge is 0.0409 e. The van der Waals surface area contributed by atoms with Gasteiger partial charge in [-0.3, -0.25) is 0 Å². The third-order valence-corrected chi connectivity index (χ3v) is 3.47. The molecule has 1 atom stereocenters. The molecular formula is C13H17Cl. The fraction of sp³-hybridized carbons (Fsp3) is 0.538. The summed E-state index contributed by atoms with van der Waals surface area (Å²) in [6.45, 7) is 6.94. The van der Waals surface area contributed by atoms with Crippen LogP contribution in [-0.4, -0.2) is 0 Å². The van der Waals surface area contributed by atoms with Gasteiger partial charge in [0.2, 0.25) is 0 Å². The Balaban J connectivity index is 2.43. The van der Waals surface area contributed by atoms with E-state index in [1.807, 2.05) is 6.07 Å². The maximum absolute atomic E-state index is 6.04. The summed E-state index contributed by atoms with van der Waals surface area (Å²) >= 11 is 6.04. The molecule has 0 amide bonds. The molecule has 0 spiro atoms. The zero-order chi connectivity index (χ0) is 10.3. The summed E-state index contributed by atoms with van der Waals surface area (Å²) in [6.07, 6.45) is 2.49. The molecule has 0 aliphatic heterocycles. The molecule has 1 aliphatic rings. The minimum Gasteiger partial charge on any atom is -0.0843 e. The summed E-state index contributed by atoms with van der Waals surface area (Å²) in [5.74, 6) is 0.677. The van der Waals surface area contributed by atoms with Crippen LogP contribution in [0.1, 0.15) is 44.2 Å². The Morgan fingerprint density at radius 2 is 2.00 bits per heavy atom. The first kappa shape index (κ1) is 10.0. The van der Waals surface area contributed by atoms with Crippen molar-refractivity contribution in [3.63, 3.8) is 0 Å². The lowest BCUT2D eigenvalue weighted by molar-refractivity contribution is 0.319. The van der Waals surface area contributed by atoms with Crippen LogP contribution in [0.3, 0.4) is 0 Å². The van der Waals surface area contributed by atoms with Crippen LogP contribution < -0.4 is 0 Å². The quantitative estimate of drug-likeness (QED) is 0.592. The van der Waals surface area contributed by atoms with Gasteiger partial charge in [0.1, 0.15) is 0 Å². The number of fused-ring (bicyclic) bond motifs is 1. The molecule has 14 heavy (non-hydrogen) atoms. The molecular weight excluding hydrogens is 192 g/mol. The predicted octanol–water partition coefficient (Wildman–Crippen LogP) is 4.42. The SMILES string of the molecule is CC(C)(C)C1CCc2ccc(Cl)cc21. The van der Waals surface area contributed by atoms with Gasteiger partial charge in [-0.25, -0.2) is 0 Å². The molecule has 1 aromatic rings. The van der Waals surface area contributed by atoms with E-state index in [1.54, 1.807) is 0 Å². The van der Waals surface area contributed by atoms with Crippen molar-refractivity contribution in [3.05, 3.63) is 34.3 Å². The fourth-order valence-corrected chi connectivity index (χ4v) is 2.65. The van der Waals surface area contributed by atoms with Crippen molar-refractivity contribution < 1.29 is 0 Å². The number of hydrogen-bond acceptors (Lipinski definition) is 0. The van der Waals surface area contributed by atoms with Crippen LogP contribution in [-0.2, 0) is 6.42 Å². The van der Waals surface area contributed by atoms with Crippen molar-refractivity contribution in [1.82, 2.24) is 0 Å². The monoisotopic (exact) mass is 208 g/mol. The number of hydrogen-bond donors (Lipinski definition) is 0. The molecule has 1 heteroatoms. The first-order valence-corrected chi connectivity index (χ1v) is 5.64. The molecule has 1 aromatic carbocycles. The number of halogens is 1. The van der Waals surface area contributed by atoms with Gasteiger partial charge in [0.15, 0.2) is 0 Å². The van der Waals surface area contributed by atoms with E-state index in [1.165, 1.54) is 24.0 Å². The summed E-state index contributed by atoms with van der Waals surface area (Å²) in [6, 6.07) is 6.34. The minimum atomic E-state index is 0.357. The van der Waals surface area contributed by atoms with Crippen LogP contribution in [0.4, 0.5) is 0 Å². The molecule has 0 nitrogen and oxygen atoms in total. The van der Waals surface area contributed by atoms with Crippen LogP contribution in [0.25, 0.3) is 0 Å². The third kappa shape index (κ3) is 1.68. The van der Waals surface area contributed by atoms with Gasteiger partial charge in [0.05, 0.1) is 0 Å². The predicted molar refractivity (Wildman–Crippen MR) is 62.0 cm³/mol. The van der Waals surface area contributed by atoms with E-state index in [4.69, 9.17) is 11.6 Å². The van der Waals surface area contributed by atoms with Gasteiger partial charge < -0.3 is 0 Å². The Hall–Kier alpha value is -0.490. The van der Waals surface area contributed by atoms with Crippen LogP contribution in [0.15, 0.2) is 18.2 Å². The largest absolute Gasteiger partial charge is 0.0843 e. The molecule has 0 saturated carbocycles. The van der Waals surface area contributed by atoms with E-state index in [0.29, 0.717) is 11.3 Å². The molecule has 1 unspecified atom stereocenters. The van der Waals surface area contributed by atoms with E-state index in [-0.39, 0.29) is 0 Å². The fourth-order valence-electron chi connectivity index (χ4n) is 2.47. The van der Waals surface area contributed by atoms with Gasteiger partial charge in [-0.1, -0.05) is 38.4 Å². The van der Waals surface area contributed by atoms with E-state index < -0.39 is 0 Å². The Labute approximate surface area is 91.3 Å². The summed E-state index contributed by atoms with van der Waals surface area (Å²) in [7, 11) is 0. The van der Waals surface area contributed by atoms with Crippen molar-refractivity contribution in [2.24, 2.45) is 5.41 Å². The minimum absolute atomic E-state index is 0.357. The Morgan fingerprint density at radius 3 is 2.64 bits per heavy atom. The second kappa shape index (κ2) is 3.27. The molecule has 0 aromatic heterocycles. The Kier molecular flexibility index (Phi) is 2.35. The van der Waals surface area contributed by atoms with E-state index in [9.17, 15) is 0 Å². The second-order valence-electron chi connectivity index (χ2n) is 5.30. The van der Waals surface area contributed by atoms with Crippen molar-refractivity contribution in [1.29, 1.82) is 0 Å². The normalized spacial score (nSPS) is 21.0. The first-order valence-electron chi connectivity index (χ1n) is 5.27. The molecule has 0 radical (unpaired) electrons. The van der Waals surface area contributed by atoms with Gasteiger partial charge in [0.25, 0.3) is 0 Å². The molecule has 1 aliphatic carbocycles. The lowest BCUT2D eigenvalue weighted by Gasteiger charge is -2.27. The molecule has 0 N–H and O–H groups in total. The van der Waals surface area contributed by atoms with Crippen LogP contribution >= 0.6 is 11.6 Å². The average molecular weight is 209 g/mol. The Bertz CT molecular complexity index is 347. The maximum atomic E-state index is 6.04. The second-order valence-corrected chi connectivity index (χ2v) is 5.74. The number of rotatable bonds is 0. The maximum Gasteiger partial charge on any atom is 0.0409 e. The Morgan fingerprint density at radius 1 is 1.29 bits per heavy atom. The zero-order valence-corrected chi connectivity index (χ0v) is 9.86. The highest BCUT2D eigenvalue weighted by atomic mass is 35.5. The standard InChI is InChI=1S/C13H17Cl/c1-13(2,3)12-7-5-9-4-6-10(14)8-11(9)12/h4,6,8,12H,5,7H2,1-3H3. The van der Waals surface area contributed by atoms with Gasteiger partial charge in [0, 0.05) is 5.02 Å². The highest BCUT2D eigenvalue weighted by molar-refractivity contribution is 6.30. The van der Waals surface area contributed by atoms with Crippen LogP contribution in [0, 0.1) is 5.41 Å². The van der Waals surface area contributed by atoms with Crippen molar-refractivity contribution in [3.8, 4) is 0 Å². The van der Waals surface area contributed by atoms with Crippen molar-refractivity contribution >= 4 is 11.6 Å². The summed E-state index contributed by atoms with van der Waals surface area (Å²) in [5, 5.41) is 0.875. The highest BCUT2D eigenvalue weighted by Crippen LogP contribution is 2.45. The highest BCUT2D eigenvalue weighted by Gasteiger charge is 2.31.